The van der Waals surface area contributed by atoms with E-state index in [0.717, 1.165) is 0 Å². The molecule has 0 N–H and O–H groups in total. The van der Waals surface area contributed by atoms with Crippen LogP contribution in [0, 0.1) is 5.82 Å². The minimum atomic E-state index is -0.569. The molecule has 0 unspecified atom stereocenters. The van der Waals surface area contributed by atoms with E-state index in [4.69, 9.17) is 9.47 Å². The standard InChI is InChI=1S/C19H25FN2O4/c1-3-22-17(23)6-9-21(13-19(22)7-10-26-11-8-19)18(24)14-4-5-16(25-2)15(20)12-14/h4-5,12H,3,6-11,13H2,1-2H3. The number of ether oxygens (including phenoxy) is 2. The molecule has 0 bridgehead atoms. The number of halogens is 1. The molecule has 26 heavy (non-hydrogen) atoms. The molecule has 2 amide bonds. The van der Waals surface area contributed by atoms with Crippen molar-refractivity contribution >= 4 is 11.8 Å². The largest absolute Gasteiger partial charge is 0.494 e. The van der Waals surface area contributed by atoms with Gasteiger partial charge in [0.1, 0.15) is 0 Å². The first-order valence-corrected chi connectivity index (χ1v) is 9.02. The van der Waals surface area contributed by atoms with E-state index >= 15 is 0 Å². The highest BCUT2D eigenvalue weighted by Gasteiger charge is 2.44. The molecular weight excluding hydrogens is 339 g/mol. The summed E-state index contributed by atoms with van der Waals surface area (Å²) in [6.07, 6.45) is 1.68. The first-order valence-electron chi connectivity index (χ1n) is 9.02. The molecule has 7 heteroatoms. The molecule has 0 aliphatic carbocycles. The molecular formula is C19H25FN2O4. The summed E-state index contributed by atoms with van der Waals surface area (Å²) in [5.74, 6) is -0.667. The molecule has 2 aliphatic rings. The number of amides is 2. The van der Waals surface area contributed by atoms with Crippen molar-refractivity contribution in [2.75, 3.05) is 40.0 Å². The summed E-state index contributed by atoms with van der Waals surface area (Å²) in [5, 5.41) is 0. The van der Waals surface area contributed by atoms with Gasteiger partial charge in [-0.15, -0.1) is 0 Å². The third-order valence-corrected chi connectivity index (χ3v) is 5.38. The second-order valence-electron chi connectivity index (χ2n) is 6.80. The van der Waals surface area contributed by atoms with Gasteiger partial charge in [-0.1, -0.05) is 0 Å². The van der Waals surface area contributed by atoms with Gasteiger partial charge in [0.05, 0.1) is 12.6 Å². The average molecular weight is 364 g/mol. The number of rotatable bonds is 3. The van der Waals surface area contributed by atoms with Crippen LogP contribution in [0.25, 0.3) is 0 Å². The zero-order valence-electron chi connectivity index (χ0n) is 15.3. The molecule has 0 atom stereocenters. The van der Waals surface area contributed by atoms with Gasteiger partial charge in [0.15, 0.2) is 11.6 Å². The highest BCUT2D eigenvalue weighted by atomic mass is 19.1. The van der Waals surface area contributed by atoms with Crippen LogP contribution < -0.4 is 4.74 Å². The number of hydrogen-bond donors (Lipinski definition) is 0. The Morgan fingerprint density at radius 3 is 2.69 bits per heavy atom. The Kier molecular flexibility index (Phi) is 5.46. The summed E-state index contributed by atoms with van der Waals surface area (Å²) in [6, 6.07) is 4.21. The van der Waals surface area contributed by atoms with Crippen molar-refractivity contribution in [3.63, 3.8) is 0 Å². The Bertz CT molecular complexity index is 688. The van der Waals surface area contributed by atoms with Crippen LogP contribution in [-0.2, 0) is 9.53 Å². The van der Waals surface area contributed by atoms with E-state index in [-0.39, 0.29) is 29.5 Å². The monoisotopic (exact) mass is 364 g/mol. The second-order valence-corrected chi connectivity index (χ2v) is 6.80. The molecule has 0 aromatic heterocycles. The first kappa shape index (κ1) is 18.6. The third-order valence-electron chi connectivity index (χ3n) is 5.38. The highest BCUT2D eigenvalue weighted by Crippen LogP contribution is 2.32. The van der Waals surface area contributed by atoms with Crippen LogP contribution in [0.2, 0.25) is 0 Å². The number of likely N-dealkylation sites (N-methyl/N-ethyl adjacent to an activating group) is 1. The lowest BCUT2D eigenvalue weighted by Crippen LogP contribution is -2.58. The normalized spacial score (nSPS) is 20.2. The number of carbonyl (C=O) groups excluding carboxylic acids is 2. The minimum absolute atomic E-state index is 0.0608. The maximum Gasteiger partial charge on any atom is 0.254 e. The average Bonchev–Trinajstić information content (AvgIpc) is 2.78. The summed E-state index contributed by atoms with van der Waals surface area (Å²) >= 11 is 0. The zero-order chi connectivity index (χ0) is 18.7. The van der Waals surface area contributed by atoms with Gasteiger partial charge in [-0.05, 0) is 38.0 Å². The molecule has 0 radical (unpaired) electrons. The van der Waals surface area contributed by atoms with Crippen LogP contribution in [0.4, 0.5) is 4.39 Å². The van der Waals surface area contributed by atoms with Gasteiger partial charge in [-0.3, -0.25) is 9.59 Å². The van der Waals surface area contributed by atoms with Crippen molar-refractivity contribution < 1.29 is 23.5 Å². The molecule has 2 fully saturated rings. The molecule has 142 valence electrons. The third kappa shape index (κ3) is 3.40. The Morgan fingerprint density at radius 1 is 1.35 bits per heavy atom. The molecule has 2 saturated heterocycles. The number of benzene rings is 1. The summed E-state index contributed by atoms with van der Waals surface area (Å²) < 4.78 is 24.4. The maximum absolute atomic E-state index is 14.0. The number of carbonyl (C=O) groups is 2. The van der Waals surface area contributed by atoms with Gasteiger partial charge in [-0.25, -0.2) is 4.39 Å². The van der Waals surface area contributed by atoms with Crippen molar-refractivity contribution in [1.29, 1.82) is 0 Å². The number of hydrogen-bond acceptors (Lipinski definition) is 4. The van der Waals surface area contributed by atoms with E-state index in [9.17, 15) is 14.0 Å². The predicted octanol–water partition coefficient (Wildman–Crippen LogP) is 2.08. The summed E-state index contributed by atoms with van der Waals surface area (Å²) in [4.78, 5) is 29.2. The van der Waals surface area contributed by atoms with Gasteiger partial charge in [-0.2, -0.15) is 0 Å². The quantitative estimate of drug-likeness (QED) is 0.824. The molecule has 1 aromatic carbocycles. The van der Waals surface area contributed by atoms with Crippen molar-refractivity contribution in [2.45, 2.75) is 31.7 Å². The molecule has 0 saturated carbocycles. The molecule has 1 aromatic rings. The van der Waals surface area contributed by atoms with Crippen LogP contribution in [0.15, 0.2) is 18.2 Å². The summed E-state index contributed by atoms with van der Waals surface area (Å²) in [7, 11) is 1.38. The van der Waals surface area contributed by atoms with E-state index in [1.54, 1.807) is 11.0 Å². The van der Waals surface area contributed by atoms with Crippen molar-refractivity contribution in [1.82, 2.24) is 9.80 Å². The van der Waals surface area contributed by atoms with Gasteiger partial charge >= 0.3 is 0 Å². The second kappa shape index (κ2) is 7.61. The van der Waals surface area contributed by atoms with Crippen LogP contribution in [0.1, 0.15) is 36.5 Å². The fourth-order valence-corrected chi connectivity index (χ4v) is 4.00. The Labute approximate surface area is 152 Å². The van der Waals surface area contributed by atoms with Gasteiger partial charge in [0.25, 0.3) is 5.91 Å². The fourth-order valence-electron chi connectivity index (χ4n) is 4.00. The SMILES string of the molecule is CCN1C(=O)CCN(C(=O)c2ccc(OC)c(F)c2)CC12CCOCC2. The molecule has 1 spiro atoms. The van der Waals surface area contributed by atoms with Crippen LogP contribution in [0.5, 0.6) is 5.75 Å². The molecule has 3 rings (SSSR count). The summed E-state index contributed by atoms with van der Waals surface area (Å²) in [6.45, 7) is 4.50. The Morgan fingerprint density at radius 2 is 2.08 bits per heavy atom. The number of methoxy groups -OCH3 is 1. The highest BCUT2D eigenvalue weighted by molar-refractivity contribution is 5.95. The zero-order valence-corrected chi connectivity index (χ0v) is 15.3. The van der Waals surface area contributed by atoms with E-state index in [1.807, 2.05) is 11.8 Å². The fraction of sp³-hybridized carbons (Fsp3) is 0.579. The van der Waals surface area contributed by atoms with Gasteiger partial charge < -0.3 is 19.3 Å². The molecule has 6 nitrogen and oxygen atoms in total. The predicted molar refractivity (Wildman–Crippen MR) is 93.6 cm³/mol. The maximum atomic E-state index is 14.0. The molecule has 2 aliphatic heterocycles. The topological polar surface area (TPSA) is 59.1 Å². The molecule has 2 heterocycles. The van der Waals surface area contributed by atoms with E-state index in [2.05, 4.69) is 0 Å². The number of nitrogens with zero attached hydrogens (tertiary/aromatic N) is 2. The van der Waals surface area contributed by atoms with E-state index in [1.165, 1.54) is 19.2 Å². The lowest BCUT2D eigenvalue weighted by Gasteiger charge is -2.46. The van der Waals surface area contributed by atoms with Crippen molar-refractivity contribution in [3.8, 4) is 5.75 Å². The first-order chi connectivity index (χ1) is 12.5. The van der Waals surface area contributed by atoms with Crippen LogP contribution in [-0.4, -0.2) is 67.1 Å². The Balaban J connectivity index is 1.88. The van der Waals surface area contributed by atoms with Crippen molar-refractivity contribution in [3.05, 3.63) is 29.6 Å². The van der Waals surface area contributed by atoms with E-state index in [0.29, 0.717) is 45.7 Å². The van der Waals surface area contributed by atoms with Crippen LogP contribution >= 0.6 is 0 Å². The van der Waals surface area contributed by atoms with E-state index < -0.39 is 11.4 Å². The lowest BCUT2D eigenvalue weighted by atomic mass is 9.87. The van der Waals surface area contributed by atoms with Gasteiger partial charge in [0.2, 0.25) is 5.91 Å². The Hall–Kier alpha value is -2.15. The summed E-state index contributed by atoms with van der Waals surface area (Å²) in [5.41, 5.74) is -0.135. The van der Waals surface area contributed by atoms with Gasteiger partial charge in [0, 0.05) is 44.8 Å². The smallest absolute Gasteiger partial charge is 0.254 e. The lowest BCUT2D eigenvalue weighted by molar-refractivity contribution is -0.139. The van der Waals surface area contributed by atoms with Crippen molar-refractivity contribution in [2.24, 2.45) is 0 Å². The minimum Gasteiger partial charge on any atom is -0.494 e. The van der Waals surface area contributed by atoms with Crippen LogP contribution in [0.3, 0.4) is 0 Å².